The summed E-state index contributed by atoms with van der Waals surface area (Å²) in [5.74, 6) is -0.322. The number of nitrogens with zero attached hydrogens (tertiary/aromatic N) is 2. The summed E-state index contributed by atoms with van der Waals surface area (Å²) in [5.41, 5.74) is 1.86. The van der Waals surface area contributed by atoms with E-state index >= 15 is 0 Å². The lowest BCUT2D eigenvalue weighted by Gasteiger charge is -2.31. The van der Waals surface area contributed by atoms with E-state index in [1.807, 2.05) is 0 Å². The van der Waals surface area contributed by atoms with Gasteiger partial charge in [0.1, 0.15) is 5.01 Å². The molecule has 4 rings (SSSR count). The maximum atomic E-state index is 12.9. The number of nitrogens with one attached hydrogen (secondary N) is 2. The summed E-state index contributed by atoms with van der Waals surface area (Å²) in [6.07, 6.45) is 4.85. The van der Waals surface area contributed by atoms with Crippen LogP contribution in [-0.4, -0.2) is 41.3 Å². The van der Waals surface area contributed by atoms with Crippen LogP contribution in [0.25, 0.3) is 0 Å². The van der Waals surface area contributed by atoms with E-state index < -0.39 is 0 Å². The second kappa shape index (κ2) is 9.45. The number of likely N-dealkylation sites (N-methyl/N-ethyl adjacent to an activating group) is 1. The highest BCUT2D eigenvalue weighted by molar-refractivity contribution is 7.11. The molecule has 1 aliphatic carbocycles. The fourth-order valence-corrected chi connectivity index (χ4v) is 5.55. The molecule has 2 heterocycles. The van der Waals surface area contributed by atoms with Crippen LogP contribution in [0.5, 0.6) is 0 Å². The number of carbonyl (C=O) groups is 2. The van der Waals surface area contributed by atoms with Crippen LogP contribution < -0.4 is 10.6 Å². The number of halogens is 1. The first kappa shape index (κ1) is 21.3. The first-order valence-corrected chi connectivity index (χ1v) is 11.7. The van der Waals surface area contributed by atoms with Crippen molar-refractivity contribution in [1.29, 1.82) is 0 Å². The quantitative estimate of drug-likeness (QED) is 0.735. The van der Waals surface area contributed by atoms with E-state index in [0.717, 1.165) is 61.6 Å². The van der Waals surface area contributed by atoms with Crippen molar-refractivity contribution in [2.24, 2.45) is 5.92 Å². The number of hydrogen-bond acceptors (Lipinski definition) is 5. The maximum absolute atomic E-state index is 12.9. The molecular weight excluding hydrogens is 420 g/mol. The van der Waals surface area contributed by atoms with E-state index in [-0.39, 0.29) is 30.2 Å². The Kier molecular flexibility index (Phi) is 6.71. The normalized spacial score (nSPS) is 21.7. The Balaban J connectivity index is 1.36. The Hall–Kier alpha value is -1.96. The Labute approximate surface area is 186 Å². The summed E-state index contributed by atoms with van der Waals surface area (Å²) in [6.45, 7) is 1.92. The molecule has 8 heteroatoms. The molecule has 30 heavy (non-hydrogen) atoms. The van der Waals surface area contributed by atoms with Crippen molar-refractivity contribution < 1.29 is 9.59 Å². The minimum Gasteiger partial charge on any atom is -0.352 e. The fourth-order valence-electron chi connectivity index (χ4n) is 4.23. The lowest BCUT2D eigenvalue weighted by molar-refractivity contribution is -0.124. The summed E-state index contributed by atoms with van der Waals surface area (Å²) in [6, 6.07) is 6.95. The van der Waals surface area contributed by atoms with Gasteiger partial charge in [-0.15, -0.1) is 11.3 Å². The third-order valence-electron chi connectivity index (χ3n) is 5.84. The largest absolute Gasteiger partial charge is 0.352 e. The summed E-state index contributed by atoms with van der Waals surface area (Å²) in [4.78, 5) is 33.8. The number of thiazole rings is 1. The van der Waals surface area contributed by atoms with Crippen LogP contribution in [0.4, 0.5) is 5.69 Å². The standard InChI is InChI=1S/C22H27ClN4O2S/c1-27-11-10-18-19(13-27)30-21(26-18)12-20(28)25-17-5-3-2-4-16(17)22(29)24-15-8-6-14(23)7-9-15/h6-9,16-17H,2-5,10-13H2,1H3,(H,24,29)(H,25,28)/t16-,17+/m0/s1. The molecule has 1 saturated carbocycles. The van der Waals surface area contributed by atoms with Gasteiger partial charge in [0.15, 0.2) is 0 Å². The molecule has 1 fully saturated rings. The molecule has 2 aromatic rings. The fraction of sp³-hybridized carbons (Fsp3) is 0.500. The van der Waals surface area contributed by atoms with Gasteiger partial charge in [-0.05, 0) is 44.2 Å². The molecule has 0 unspecified atom stereocenters. The number of amides is 2. The highest BCUT2D eigenvalue weighted by atomic mass is 35.5. The molecule has 1 aliphatic heterocycles. The highest BCUT2D eigenvalue weighted by Crippen LogP contribution is 2.27. The third kappa shape index (κ3) is 5.20. The van der Waals surface area contributed by atoms with Crippen LogP contribution in [0.15, 0.2) is 24.3 Å². The van der Waals surface area contributed by atoms with Crippen molar-refractivity contribution in [3.05, 3.63) is 44.9 Å². The minimum absolute atomic E-state index is 0.0462. The molecule has 0 spiro atoms. The van der Waals surface area contributed by atoms with Crippen LogP contribution in [-0.2, 0) is 29.0 Å². The predicted molar refractivity (Wildman–Crippen MR) is 120 cm³/mol. The predicted octanol–water partition coefficient (Wildman–Crippen LogP) is 3.64. The van der Waals surface area contributed by atoms with Crippen LogP contribution in [0.1, 0.15) is 41.3 Å². The zero-order valence-corrected chi connectivity index (χ0v) is 18.7. The van der Waals surface area contributed by atoms with Gasteiger partial charge in [-0.3, -0.25) is 9.59 Å². The third-order valence-corrected chi connectivity index (χ3v) is 7.17. The van der Waals surface area contributed by atoms with Gasteiger partial charge in [-0.1, -0.05) is 24.4 Å². The molecule has 2 atom stereocenters. The van der Waals surface area contributed by atoms with Gasteiger partial charge in [0, 0.05) is 41.1 Å². The molecule has 0 saturated heterocycles. The minimum atomic E-state index is -0.225. The molecular formula is C22H27ClN4O2S. The smallest absolute Gasteiger partial charge is 0.229 e. The summed E-state index contributed by atoms with van der Waals surface area (Å²) in [7, 11) is 2.10. The molecule has 2 amide bonds. The molecule has 6 nitrogen and oxygen atoms in total. The first-order chi connectivity index (χ1) is 14.5. The van der Waals surface area contributed by atoms with Gasteiger partial charge in [-0.2, -0.15) is 0 Å². The topological polar surface area (TPSA) is 74.3 Å². The number of hydrogen-bond donors (Lipinski definition) is 2. The average Bonchev–Trinajstić information content (AvgIpc) is 3.11. The zero-order chi connectivity index (χ0) is 21.1. The van der Waals surface area contributed by atoms with Crippen molar-refractivity contribution in [3.8, 4) is 0 Å². The lowest BCUT2D eigenvalue weighted by Crippen LogP contribution is -2.47. The average molecular weight is 447 g/mol. The van der Waals surface area contributed by atoms with Crippen molar-refractivity contribution in [1.82, 2.24) is 15.2 Å². The lowest BCUT2D eigenvalue weighted by atomic mass is 9.83. The van der Waals surface area contributed by atoms with Crippen LogP contribution >= 0.6 is 22.9 Å². The van der Waals surface area contributed by atoms with Crippen molar-refractivity contribution in [2.75, 3.05) is 18.9 Å². The summed E-state index contributed by atoms with van der Waals surface area (Å²) in [5, 5.41) is 7.58. The van der Waals surface area contributed by atoms with Gasteiger partial charge in [-0.25, -0.2) is 4.98 Å². The number of carbonyl (C=O) groups excluding carboxylic acids is 2. The Morgan fingerprint density at radius 3 is 2.80 bits per heavy atom. The molecule has 2 aliphatic rings. The van der Waals surface area contributed by atoms with Crippen LogP contribution in [0, 0.1) is 5.92 Å². The highest BCUT2D eigenvalue weighted by Gasteiger charge is 2.32. The molecule has 1 aromatic carbocycles. The van der Waals surface area contributed by atoms with E-state index in [2.05, 4.69) is 27.6 Å². The summed E-state index contributed by atoms with van der Waals surface area (Å²) >= 11 is 7.55. The number of aromatic nitrogens is 1. The molecule has 1 aromatic heterocycles. The molecule has 160 valence electrons. The number of benzene rings is 1. The Morgan fingerprint density at radius 1 is 1.23 bits per heavy atom. The zero-order valence-electron chi connectivity index (χ0n) is 17.1. The molecule has 0 radical (unpaired) electrons. The second-order valence-electron chi connectivity index (χ2n) is 8.20. The SMILES string of the molecule is CN1CCc2nc(CC(=O)N[C@@H]3CCCC[C@@H]3C(=O)Nc3ccc(Cl)cc3)sc2C1. The summed E-state index contributed by atoms with van der Waals surface area (Å²) < 4.78 is 0. The molecule has 0 bridgehead atoms. The Morgan fingerprint density at radius 2 is 2.00 bits per heavy atom. The van der Waals surface area contributed by atoms with E-state index in [9.17, 15) is 9.59 Å². The van der Waals surface area contributed by atoms with E-state index in [1.165, 1.54) is 4.88 Å². The van der Waals surface area contributed by atoms with Gasteiger partial charge < -0.3 is 15.5 Å². The second-order valence-corrected chi connectivity index (χ2v) is 9.81. The number of rotatable bonds is 5. The van der Waals surface area contributed by atoms with Crippen LogP contribution in [0.3, 0.4) is 0 Å². The van der Waals surface area contributed by atoms with E-state index in [0.29, 0.717) is 5.02 Å². The molecule has 2 N–H and O–H groups in total. The maximum Gasteiger partial charge on any atom is 0.229 e. The van der Waals surface area contributed by atoms with Crippen molar-refractivity contribution >= 4 is 40.4 Å². The van der Waals surface area contributed by atoms with Crippen LogP contribution in [0.2, 0.25) is 5.02 Å². The van der Waals surface area contributed by atoms with Crippen molar-refractivity contribution in [2.45, 2.75) is 51.1 Å². The van der Waals surface area contributed by atoms with Gasteiger partial charge in [0.05, 0.1) is 18.0 Å². The van der Waals surface area contributed by atoms with E-state index in [1.54, 1.807) is 35.6 Å². The first-order valence-electron chi connectivity index (χ1n) is 10.5. The van der Waals surface area contributed by atoms with Gasteiger partial charge in [0.25, 0.3) is 0 Å². The monoisotopic (exact) mass is 446 g/mol. The Bertz CT molecular complexity index is 914. The number of fused-ring (bicyclic) bond motifs is 1. The number of anilines is 1. The van der Waals surface area contributed by atoms with Gasteiger partial charge in [0.2, 0.25) is 11.8 Å². The van der Waals surface area contributed by atoms with E-state index in [4.69, 9.17) is 11.6 Å². The van der Waals surface area contributed by atoms with Crippen molar-refractivity contribution in [3.63, 3.8) is 0 Å². The van der Waals surface area contributed by atoms with Gasteiger partial charge >= 0.3 is 0 Å².